The number of hydrogen-bond acceptors (Lipinski definition) is 5. The van der Waals surface area contributed by atoms with Crippen LogP contribution < -0.4 is 15.4 Å². The van der Waals surface area contributed by atoms with E-state index in [1.54, 1.807) is 13.4 Å². The van der Waals surface area contributed by atoms with Crippen LogP contribution in [0.2, 0.25) is 0 Å². The van der Waals surface area contributed by atoms with Crippen molar-refractivity contribution in [2.45, 2.75) is 40.4 Å². The molecule has 0 fully saturated rings. The highest BCUT2D eigenvalue weighted by molar-refractivity contribution is 14.0. The number of guanidine groups is 1. The van der Waals surface area contributed by atoms with E-state index in [4.69, 9.17) is 9.47 Å². The van der Waals surface area contributed by atoms with Crippen LogP contribution in [0.15, 0.2) is 29.5 Å². The van der Waals surface area contributed by atoms with Crippen LogP contribution in [0.3, 0.4) is 0 Å². The van der Waals surface area contributed by atoms with Gasteiger partial charge in [-0.2, -0.15) is 0 Å². The molecule has 0 aliphatic rings. The van der Waals surface area contributed by atoms with Crippen LogP contribution in [0.5, 0.6) is 5.75 Å². The van der Waals surface area contributed by atoms with Crippen LogP contribution in [0.1, 0.15) is 30.8 Å². The molecule has 2 rings (SSSR count). The maximum absolute atomic E-state index is 5.84. The first-order valence-corrected chi connectivity index (χ1v) is 9.28. The maximum atomic E-state index is 5.84. The Morgan fingerprint density at radius 3 is 2.75 bits per heavy atom. The van der Waals surface area contributed by atoms with Gasteiger partial charge in [-0.15, -0.1) is 34.2 Å². The summed E-state index contributed by atoms with van der Waals surface area (Å²) in [6, 6.07) is 6.15. The zero-order chi connectivity index (χ0) is 19.5. The molecule has 156 valence electrons. The molecule has 0 bridgehead atoms. The summed E-state index contributed by atoms with van der Waals surface area (Å²) in [4.78, 5) is 4.68. The number of benzene rings is 1. The van der Waals surface area contributed by atoms with Crippen molar-refractivity contribution in [3.63, 3.8) is 0 Å². The molecule has 0 atom stereocenters. The van der Waals surface area contributed by atoms with Crippen LogP contribution in [-0.4, -0.2) is 47.6 Å². The van der Waals surface area contributed by atoms with Gasteiger partial charge < -0.3 is 24.7 Å². The minimum Gasteiger partial charge on any atom is -0.491 e. The molecule has 8 nitrogen and oxygen atoms in total. The third kappa shape index (κ3) is 7.63. The molecule has 0 aliphatic heterocycles. The van der Waals surface area contributed by atoms with Gasteiger partial charge in [0.15, 0.2) is 11.8 Å². The van der Waals surface area contributed by atoms with Gasteiger partial charge in [0.1, 0.15) is 18.7 Å². The average Bonchev–Trinajstić information content (AvgIpc) is 3.13. The number of methoxy groups -OCH3 is 1. The van der Waals surface area contributed by atoms with Gasteiger partial charge >= 0.3 is 0 Å². The molecule has 1 aromatic heterocycles. The van der Waals surface area contributed by atoms with Crippen molar-refractivity contribution in [3.05, 3.63) is 41.5 Å². The average molecular weight is 502 g/mol. The molecule has 1 aromatic carbocycles. The van der Waals surface area contributed by atoms with Crippen molar-refractivity contribution in [1.82, 2.24) is 25.4 Å². The molecule has 9 heteroatoms. The number of hydrogen-bond donors (Lipinski definition) is 2. The summed E-state index contributed by atoms with van der Waals surface area (Å²) < 4.78 is 12.9. The summed E-state index contributed by atoms with van der Waals surface area (Å²) in [6.45, 7) is 9.90. The van der Waals surface area contributed by atoms with Crippen molar-refractivity contribution in [3.8, 4) is 5.75 Å². The fraction of sp³-hybridized carbons (Fsp3) is 0.526. The lowest BCUT2D eigenvalue weighted by atomic mass is 10.1. The van der Waals surface area contributed by atoms with E-state index in [1.165, 1.54) is 0 Å². The van der Waals surface area contributed by atoms with Gasteiger partial charge in [-0.1, -0.05) is 12.1 Å². The van der Waals surface area contributed by atoms with Gasteiger partial charge in [0, 0.05) is 25.8 Å². The summed E-state index contributed by atoms with van der Waals surface area (Å²) in [5, 5.41) is 14.7. The zero-order valence-corrected chi connectivity index (χ0v) is 19.4. The van der Waals surface area contributed by atoms with E-state index in [0.29, 0.717) is 26.3 Å². The summed E-state index contributed by atoms with van der Waals surface area (Å²) in [5.41, 5.74) is 2.18. The normalized spacial score (nSPS) is 11.1. The third-order valence-electron chi connectivity index (χ3n) is 3.97. The van der Waals surface area contributed by atoms with Crippen molar-refractivity contribution in [1.29, 1.82) is 0 Å². The Morgan fingerprint density at radius 2 is 2.04 bits per heavy atom. The first kappa shape index (κ1) is 24.2. The second-order valence-electron chi connectivity index (χ2n) is 6.03. The molecule has 2 N–H and O–H groups in total. The summed E-state index contributed by atoms with van der Waals surface area (Å²) >= 11 is 0. The molecule has 1 heterocycles. The first-order chi connectivity index (χ1) is 13.2. The van der Waals surface area contributed by atoms with Gasteiger partial charge in [-0.25, -0.2) is 4.99 Å². The standard InChI is InChI=1S/C19H30N6O2.HI/c1-5-20-19(22-13-18-24-23-14-25(18)6-2)21-12-16-8-7-15(3)11-17(16)27-10-9-26-4;/h7-8,11,14H,5-6,9-10,12-13H2,1-4H3,(H2,20,21,22);1H. The molecular weight excluding hydrogens is 471 g/mol. The number of aromatic nitrogens is 3. The van der Waals surface area contributed by atoms with Crippen LogP contribution in [-0.2, 0) is 24.4 Å². The van der Waals surface area contributed by atoms with Crippen LogP contribution in [0.4, 0.5) is 0 Å². The Kier molecular flexibility index (Phi) is 11.5. The van der Waals surface area contributed by atoms with Crippen LogP contribution in [0.25, 0.3) is 0 Å². The Hall–Kier alpha value is -1.88. The first-order valence-electron chi connectivity index (χ1n) is 9.28. The van der Waals surface area contributed by atoms with E-state index < -0.39 is 0 Å². The Labute approximate surface area is 184 Å². The molecule has 2 aromatic rings. The van der Waals surface area contributed by atoms with Crippen molar-refractivity contribution >= 4 is 29.9 Å². The van der Waals surface area contributed by atoms with E-state index in [1.807, 2.05) is 24.5 Å². The molecule has 0 saturated heterocycles. The molecular formula is C19H31IN6O2. The number of aliphatic imine (C=N–C) groups is 1. The lowest BCUT2D eigenvalue weighted by Crippen LogP contribution is -2.37. The largest absolute Gasteiger partial charge is 0.491 e. The molecule has 0 aliphatic carbocycles. The summed E-state index contributed by atoms with van der Waals surface area (Å²) in [7, 11) is 1.67. The fourth-order valence-corrected chi connectivity index (χ4v) is 2.51. The fourth-order valence-electron chi connectivity index (χ4n) is 2.51. The Bertz CT molecular complexity index is 735. The van der Waals surface area contributed by atoms with Gasteiger partial charge in [0.25, 0.3) is 0 Å². The maximum Gasteiger partial charge on any atom is 0.191 e. The SMILES string of the molecule is CCNC(=NCc1ccc(C)cc1OCCOC)NCc1nncn1CC.I. The van der Waals surface area contributed by atoms with Gasteiger partial charge in [-0.3, -0.25) is 0 Å². The minimum absolute atomic E-state index is 0. The van der Waals surface area contributed by atoms with Crippen molar-refractivity contribution in [2.24, 2.45) is 4.99 Å². The van der Waals surface area contributed by atoms with Crippen LogP contribution >= 0.6 is 24.0 Å². The monoisotopic (exact) mass is 502 g/mol. The van der Waals surface area contributed by atoms with E-state index in [2.05, 4.69) is 44.9 Å². The molecule has 0 radical (unpaired) electrons. The molecule has 28 heavy (non-hydrogen) atoms. The van der Waals surface area contributed by atoms with E-state index >= 15 is 0 Å². The van der Waals surface area contributed by atoms with Gasteiger partial charge in [-0.05, 0) is 32.4 Å². The second-order valence-corrected chi connectivity index (χ2v) is 6.03. The van der Waals surface area contributed by atoms with Crippen molar-refractivity contribution < 1.29 is 9.47 Å². The smallest absolute Gasteiger partial charge is 0.191 e. The summed E-state index contributed by atoms with van der Waals surface area (Å²) in [6.07, 6.45) is 1.73. The number of nitrogens with zero attached hydrogens (tertiary/aromatic N) is 4. The van der Waals surface area contributed by atoms with E-state index in [-0.39, 0.29) is 24.0 Å². The number of halogens is 1. The highest BCUT2D eigenvalue weighted by atomic mass is 127. The topological polar surface area (TPSA) is 85.6 Å². The highest BCUT2D eigenvalue weighted by Gasteiger charge is 2.07. The zero-order valence-electron chi connectivity index (χ0n) is 17.1. The highest BCUT2D eigenvalue weighted by Crippen LogP contribution is 2.21. The quantitative estimate of drug-likeness (QED) is 0.225. The lowest BCUT2D eigenvalue weighted by Gasteiger charge is -2.13. The molecule has 0 spiro atoms. The van der Waals surface area contributed by atoms with E-state index in [9.17, 15) is 0 Å². The van der Waals surface area contributed by atoms with Gasteiger partial charge in [0.2, 0.25) is 0 Å². The Morgan fingerprint density at radius 1 is 1.21 bits per heavy atom. The summed E-state index contributed by atoms with van der Waals surface area (Å²) in [5.74, 6) is 2.45. The number of aryl methyl sites for hydroxylation is 2. The molecule has 0 saturated carbocycles. The van der Waals surface area contributed by atoms with Crippen LogP contribution in [0, 0.1) is 6.92 Å². The molecule has 0 unspecified atom stereocenters. The predicted octanol–water partition coefficient (Wildman–Crippen LogP) is 2.50. The minimum atomic E-state index is 0. The number of rotatable bonds is 10. The number of nitrogens with one attached hydrogen (secondary N) is 2. The van der Waals surface area contributed by atoms with Crippen molar-refractivity contribution in [2.75, 3.05) is 26.9 Å². The Balaban J connectivity index is 0.00000392. The third-order valence-corrected chi connectivity index (χ3v) is 3.97. The number of ether oxygens (including phenoxy) is 2. The molecule has 0 amide bonds. The predicted molar refractivity (Wildman–Crippen MR) is 121 cm³/mol. The van der Waals surface area contributed by atoms with E-state index in [0.717, 1.165) is 41.7 Å². The lowest BCUT2D eigenvalue weighted by molar-refractivity contribution is 0.145. The van der Waals surface area contributed by atoms with Gasteiger partial charge in [0.05, 0.1) is 19.7 Å². The second kappa shape index (κ2) is 13.3.